The summed E-state index contributed by atoms with van der Waals surface area (Å²) in [6.07, 6.45) is -3.55. The van der Waals surface area contributed by atoms with E-state index in [1.807, 2.05) is 0 Å². The molecule has 0 heterocycles. The molecule has 0 aromatic rings. The largest absolute Gasteiger partial charge is 0.292 e. The fourth-order valence-corrected chi connectivity index (χ4v) is 0.182. The highest BCUT2D eigenvalue weighted by molar-refractivity contribution is 5.01. The van der Waals surface area contributed by atoms with E-state index in [1.54, 1.807) is 0 Å². The van der Waals surface area contributed by atoms with Crippen molar-refractivity contribution >= 4 is 0 Å². The van der Waals surface area contributed by atoms with Crippen LogP contribution in [0.3, 0.4) is 0 Å². The lowest BCUT2D eigenvalue weighted by Gasteiger charge is -1.92. The van der Waals surface area contributed by atoms with E-state index in [1.165, 1.54) is 0 Å². The third kappa shape index (κ3) is 2.43. The van der Waals surface area contributed by atoms with E-state index in [0.29, 0.717) is 0 Å². The van der Waals surface area contributed by atoms with Crippen molar-refractivity contribution < 1.29 is 22.0 Å². The average Bonchev–Trinajstić information content (AvgIpc) is 1.84. The van der Waals surface area contributed by atoms with Crippen LogP contribution in [0.4, 0.5) is 22.0 Å². The molecule has 0 saturated carbocycles. The monoisotopic (exact) mass is 146 g/mol. The summed E-state index contributed by atoms with van der Waals surface area (Å²) in [6.45, 7) is -1.82. The van der Waals surface area contributed by atoms with Gasteiger partial charge in [-0.1, -0.05) is 0 Å². The van der Waals surface area contributed by atoms with Gasteiger partial charge in [0.2, 0.25) is 0 Å². The van der Waals surface area contributed by atoms with Gasteiger partial charge in [-0.05, 0) is 0 Å². The van der Waals surface area contributed by atoms with E-state index in [9.17, 15) is 22.0 Å². The first-order valence-corrected chi connectivity index (χ1v) is 1.97. The van der Waals surface area contributed by atoms with E-state index < -0.39 is 24.8 Å². The first-order valence-electron chi connectivity index (χ1n) is 1.97. The van der Waals surface area contributed by atoms with Gasteiger partial charge in [0.15, 0.2) is 11.7 Å². The van der Waals surface area contributed by atoms with Gasteiger partial charge in [-0.15, -0.1) is 0 Å². The summed E-state index contributed by atoms with van der Waals surface area (Å²) < 4.78 is 55.9. The van der Waals surface area contributed by atoms with Crippen molar-refractivity contribution in [1.82, 2.24) is 0 Å². The van der Waals surface area contributed by atoms with Crippen molar-refractivity contribution in [1.29, 1.82) is 0 Å². The highest BCUT2D eigenvalue weighted by atomic mass is 19.3. The average molecular weight is 146 g/mol. The van der Waals surface area contributed by atoms with Crippen LogP contribution < -0.4 is 0 Å². The Morgan fingerprint density at radius 1 is 1.22 bits per heavy atom. The normalized spacial score (nSPS) is 14.0. The fourth-order valence-electron chi connectivity index (χ4n) is 0.182. The smallest absolute Gasteiger partial charge is 0.243 e. The lowest BCUT2D eigenvalue weighted by molar-refractivity contribution is 0.151. The standard InChI is InChI=1S/C4H3F5/c5-1-2(6)3(7)4(8)9/h4H,1H2/b3-2-. The predicted octanol–water partition coefficient (Wildman–Crippen LogP) is 2.37. The second kappa shape index (κ2) is 3.42. The molecule has 0 fully saturated rings. The minimum Gasteiger partial charge on any atom is -0.243 e. The molecular formula is C4H3F5. The van der Waals surface area contributed by atoms with E-state index in [2.05, 4.69) is 0 Å². The molecular weight excluding hydrogens is 143 g/mol. The van der Waals surface area contributed by atoms with Crippen LogP contribution in [-0.2, 0) is 0 Å². The minimum absolute atomic E-state index is 1.82. The third-order valence-corrected chi connectivity index (χ3v) is 0.568. The molecule has 0 aromatic carbocycles. The maximum absolute atomic E-state index is 11.4. The topological polar surface area (TPSA) is 0 Å². The molecule has 0 aliphatic heterocycles. The molecule has 54 valence electrons. The zero-order valence-corrected chi connectivity index (χ0v) is 4.17. The highest BCUT2D eigenvalue weighted by Crippen LogP contribution is 2.16. The molecule has 5 heteroatoms. The number of rotatable bonds is 2. The molecule has 0 aliphatic carbocycles. The molecule has 0 radical (unpaired) electrons. The maximum Gasteiger partial charge on any atom is 0.292 e. The lowest BCUT2D eigenvalue weighted by atomic mass is 10.5. The Hall–Kier alpha value is -0.610. The van der Waals surface area contributed by atoms with Crippen LogP contribution >= 0.6 is 0 Å². The van der Waals surface area contributed by atoms with Crippen molar-refractivity contribution in [3.05, 3.63) is 11.7 Å². The Morgan fingerprint density at radius 3 is 1.78 bits per heavy atom. The number of hydrogen-bond donors (Lipinski definition) is 0. The quantitative estimate of drug-likeness (QED) is 0.524. The molecule has 0 saturated heterocycles. The van der Waals surface area contributed by atoms with E-state index >= 15 is 0 Å². The molecule has 0 unspecified atom stereocenters. The summed E-state index contributed by atoms with van der Waals surface area (Å²) in [6, 6.07) is 0. The maximum atomic E-state index is 11.4. The van der Waals surface area contributed by atoms with Crippen LogP contribution in [0, 0.1) is 0 Å². The number of halogens is 5. The van der Waals surface area contributed by atoms with Crippen LogP contribution in [-0.4, -0.2) is 13.1 Å². The summed E-state index contributed by atoms with van der Waals surface area (Å²) >= 11 is 0. The highest BCUT2D eigenvalue weighted by Gasteiger charge is 2.16. The fraction of sp³-hybridized carbons (Fsp3) is 0.500. The van der Waals surface area contributed by atoms with Gasteiger partial charge in [-0.3, -0.25) is 0 Å². The molecule has 0 N–H and O–H groups in total. The molecule has 0 rings (SSSR count). The Bertz CT molecular complexity index is 116. The molecule has 0 aromatic heterocycles. The number of allylic oxidation sites excluding steroid dienone is 2. The molecule has 0 atom stereocenters. The minimum atomic E-state index is -3.55. The molecule has 0 bridgehead atoms. The van der Waals surface area contributed by atoms with Crippen molar-refractivity contribution in [2.24, 2.45) is 0 Å². The first-order chi connectivity index (χ1) is 4.09. The summed E-state index contributed by atoms with van der Waals surface area (Å²) in [5, 5.41) is 0. The first kappa shape index (κ1) is 8.39. The zero-order valence-electron chi connectivity index (χ0n) is 4.17. The van der Waals surface area contributed by atoms with E-state index in [-0.39, 0.29) is 0 Å². The van der Waals surface area contributed by atoms with Gasteiger partial charge in [0, 0.05) is 0 Å². The SMILES string of the molecule is FC/C(F)=C(/F)C(F)F. The second-order valence-corrected chi connectivity index (χ2v) is 1.19. The van der Waals surface area contributed by atoms with E-state index in [0.717, 1.165) is 0 Å². The van der Waals surface area contributed by atoms with Gasteiger partial charge in [-0.25, -0.2) is 22.0 Å². The van der Waals surface area contributed by atoms with Crippen molar-refractivity contribution in [2.45, 2.75) is 6.43 Å². The summed E-state index contributed by atoms with van der Waals surface area (Å²) in [5.41, 5.74) is 0. The summed E-state index contributed by atoms with van der Waals surface area (Å²) in [7, 11) is 0. The third-order valence-electron chi connectivity index (χ3n) is 0.568. The van der Waals surface area contributed by atoms with Gasteiger partial charge in [0.25, 0.3) is 6.43 Å². The lowest BCUT2D eigenvalue weighted by Crippen LogP contribution is -1.94. The predicted molar refractivity (Wildman–Crippen MR) is 21.2 cm³/mol. The van der Waals surface area contributed by atoms with Crippen molar-refractivity contribution in [3.63, 3.8) is 0 Å². The summed E-state index contributed by atoms with van der Waals surface area (Å²) in [4.78, 5) is 0. The van der Waals surface area contributed by atoms with Crippen LogP contribution in [0.1, 0.15) is 0 Å². The second-order valence-electron chi connectivity index (χ2n) is 1.19. The van der Waals surface area contributed by atoms with Crippen LogP contribution in [0.5, 0.6) is 0 Å². The molecule has 0 amide bonds. The molecule has 0 nitrogen and oxygen atoms in total. The number of hydrogen-bond acceptors (Lipinski definition) is 0. The van der Waals surface area contributed by atoms with Gasteiger partial charge < -0.3 is 0 Å². The van der Waals surface area contributed by atoms with Crippen LogP contribution in [0.25, 0.3) is 0 Å². The molecule has 9 heavy (non-hydrogen) atoms. The Kier molecular flexibility index (Phi) is 3.19. The summed E-state index contributed by atoms with van der Waals surface area (Å²) in [5.74, 6) is -4.36. The van der Waals surface area contributed by atoms with Crippen molar-refractivity contribution in [2.75, 3.05) is 6.67 Å². The Morgan fingerprint density at radius 2 is 1.67 bits per heavy atom. The van der Waals surface area contributed by atoms with Gasteiger partial charge in [0.1, 0.15) is 6.67 Å². The van der Waals surface area contributed by atoms with Crippen LogP contribution in [0.2, 0.25) is 0 Å². The zero-order chi connectivity index (χ0) is 7.44. The van der Waals surface area contributed by atoms with Gasteiger partial charge in [-0.2, -0.15) is 0 Å². The Labute approximate surface area is 48.0 Å². The van der Waals surface area contributed by atoms with Crippen LogP contribution in [0.15, 0.2) is 11.7 Å². The van der Waals surface area contributed by atoms with Gasteiger partial charge >= 0.3 is 0 Å². The Balaban J connectivity index is 4.10. The number of alkyl halides is 3. The van der Waals surface area contributed by atoms with E-state index in [4.69, 9.17) is 0 Å². The molecule has 0 spiro atoms. The molecule has 0 aliphatic rings. The van der Waals surface area contributed by atoms with Gasteiger partial charge in [0.05, 0.1) is 0 Å². The van der Waals surface area contributed by atoms with Crippen molar-refractivity contribution in [3.8, 4) is 0 Å².